The predicted octanol–water partition coefficient (Wildman–Crippen LogP) is -0.0152. The summed E-state index contributed by atoms with van der Waals surface area (Å²) in [6.07, 6.45) is 2.35. The SMILES string of the molecule is CC(C=O)Cn1cc(C#N)nn1. The van der Waals surface area contributed by atoms with Crippen molar-refractivity contribution in [3.63, 3.8) is 0 Å². The molecular weight excluding hydrogens is 156 g/mol. The molecule has 0 spiro atoms. The molecular formula is C7H8N4O. The Hall–Kier alpha value is -1.70. The predicted molar refractivity (Wildman–Crippen MR) is 40.0 cm³/mol. The van der Waals surface area contributed by atoms with Crippen molar-refractivity contribution in [1.82, 2.24) is 15.0 Å². The third kappa shape index (κ3) is 1.89. The van der Waals surface area contributed by atoms with Crippen LogP contribution in [0.3, 0.4) is 0 Å². The molecule has 0 aliphatic rings. The molecule has 0 fully saturated rings. The molecule has 0 aliphatic heterocycles. The fourth-order valence-electron chi connectivity index (χ4n) is 0.777. The lowest BCUT2D eigenvalue weighted by atomic mass is 10.2. The molecule has 0 radical (unpaired) electrons. The molecule has 1 atom stereocenters. The summed E-state index contributed by atoms with van der Waals surface area (Å²) in [6.45, 7) is 2.25. The standard InChI is InChI=1S/C7H8N4O/c1-6(5-12)3-11-4-7(2-8)9-10-11/h4-6H,3H2,1H3. The summed E-state index contributed by atoms with van der Waals surface area (Å²) in [5.74, 6) is -0.0988. The second kappa shape index (κ2) is 3.62. The number of rotatable bonds is 3. The van der Waals surface area contributed by atoms with Crippen molar-refractivity contribution in [2.24, 2.45) is 5.92 Å². The largest absolute Gasteiger partial charge is 0.303 e. The van der Waals surface area contributed by atoms with E-state index in [1.54, 1.807) is 6.92 Å². The fraction of sp³-hybridized carbons (Fsp3) is 0.429. The second-order valence-electron chi connectivity index (χ2n) is 2.55. The first-order chi connectivity index (χ1) is 5.76. The summed E-state index contributed by atoms with van der Waals surface area (Å²) >= 11 is 0. The quantitative estimate of drug-likeness (QED) is 0.589. The second-order valence-corrected chi connectivity index (χ2v) is 2.55. The van der Waals surface area contributed by atoms with Gasteiger partial charge in [0.25, 0.3) is 0 Å². The van der Waals surface area contributed by atoms with E-state index in [1.165, 1.54) is 10.9 Å². The number of aromatic nitrogens is 3. The first-order valence-electron chi connectivity index (χ1n) is 3.51. The van der Waals surface area contributed by atoms with Crippen LogP contribution in [-0.2, 0) is 11.3 Å². The van der Waals surface area contributed by atoms with E-state index >= 15 is 0 Å². The van der Waals surface area contributed by atoms with Crippen LogP contribution in [0, 0.1) is 17.2 Å². The Balaban J connectivity index is 2.65. The van der Waals surface area contributed by atoms with Gasteiger partial charge >= 0.3 is 0 Å². The van der Waals surface area contributed by atoms with Crippen molar-refractivity contribution in [2.75, 3.05) is 0 Å². The highest BCUT2D eigenvalue weighted by atomic mass is 16.1. The van der Waals surface area contributed by atoms with Gasteiger partial charge in [0, 0.05) is 5.92 Å². The monoisotopic (exact) mass is 164 g/mol. The van der Waals surface area contributed by atoms with Gasteiger partial charge in [-0.3, -0.25) is 4.68 Å². The number of nitrogens with zero attached hydrogens (tertiary/aromatic N) is 4. The van der Waals surface area contributed by atoms with E-state index in [9.17, 15) is 4.79 Å². The van der Waals surface area contributed by atoms with E-state index < -0.39 is 0 Å². The average Bonchev–Trinajstić information content (AvgIpc) is 2.52. The smallest absolute Gasteiger partial charge is 0.182 e. The highest BCUT2D eigenvalue weighted by Gasteiger charge is 2.03. The molecule has 1 unspecified atom stereocenters. The summed E-state index contributed by atoms with van der Waals surface area (Å²) < 4.78 is 1.48. The Bertz CT molecular complexity index is 311. The van der Waals surface area contributed by atoms with Crippen LogP contribution in [0.2, 0.25) is 0 Å². The number of aldehydes is 1. The van der Waals surface area contributed by atoms with Crippen LogP contribution in [0.25, 0.3) is 0 Å². The molecule has 0 aromatic carbocycles. The summed E-state index contributed by atoms with van der Waals surface area (Å²) in [6, 6.07) is 1.86. The molecule has 1 aromatic heterocycles. The van der Waals surface area contributed by atoms with E-state index in [-0.39, 0.29) is 11.6 Å². The van der Waals surface area contributed by atoms with Crippen LogP contribution in [0.1, 0.15) is 12.6 Å². The minimum atomic E-state index is -0.0988. The van der Waals surface area contributed by atoms with E-state index in [0.29, 0.717) is 6.54 Å². The molecule has 1 rings (SSSR count). The van der Waals surface area contributed by atoms with E-state index in [0.717, 1.165) is 6.29 Å². The average molecular weight is 164 g/mol. The Morgan fingerprint density at radius 2 is 2.67 bits per heavy atom. The maximum absolute atomic E-state index is 10.3. The number of hydrogen-bond donors (Lipinski definition) is 0. The molecule has 0 bridgehead atoms. The zero-order valence-electron chi connectivity index (χ0n) is 6.64. The van der Waals surface area contributed by atoms with Gasteiger partial charge in [-0.1, -0.05) is 12.1 Å². The molecule has 5 heteroatoms. The highest BCUT2D eigenvalue weighted by Crippen LogP contribution is 1.96. The van der Waals surface area contributed by atoms with Crippen LogP contribution in [0.15, 0.2) is 6.20 Å². The summed E-state index contributed by atoms with van der Waals surface area (Å²) in [4.78, 5) is 10.3. The van der Waals surface area contributed by atoms with Crippen molar-refractivity contribution in [1.29, 1.82) is 5.26 Å². The van der Waals surface area contributed by atoms with Gasteiger partial charge in [-0.15, -0.1) is 5.10 Å². The summed E-state index contributed by atoms with van der Waals surface area (Å²) in [5, 5.41) is 15.6. The van der Waals surface area contributed by atoms with Gasteiger partial charge in [-0.25, -0.2) is 0 Å². The maximum atomic E-state index is 10.3. The van der Waals surface area contributed by atoms with Crippen LogP contribution in [-0.4, -0.2) is 21.3 Å². The zero-order chi connectivity index (χ0) is 8.97. The molecule has 1 heterocycles. The summed E-state index contributed by atoms with van der Waals surface area (Å²) in [5.41, 5.74) is 0.271. The Morgan fingerprint density at radius 3 is 3.17 bits per heavy atom. The molecule has 0 amide bonds. The maximum Gasteiger partial charge on any atom is 0.182 e. The third-order valence-electron chi connectivity index (χ3n) is 1.36. The van der Waals surface area contributed by atoms with Crippen molar-refractivity contribution in [3.8, 4) is 6.07 Å². The van der Waals surface area contributed by atoms with Gasteiger partial charge < -0.3 is 4.79 Å². The lowest BCUT2D eigenvalue weighted by Gasteiger charge is -2.00. The normalized spacial score (nSPS) is 12.0. The molecule has 0 saturated carbocycles. The first kappa shape index (κ1) is 8.40. The lowest BCUT2D eigenvalue weighted by molar-refractivity contribution is -0.111. The van der Waals surface area contributed by atoms with Gasteiger partial charge in [-0.05, 0) is 0 Å². The van der Waals surface area contributed by atoms with Gasteiger partial charge in [0.2, 0.25) is 0 Å². The molecule has 62 valence electrons. The molecule has 5 nitrogen and oxygen atoms in total. The van der Waals surface area contributed by atoms with Crippen molar-refractivity contribution in [3.05, 3.63) is 11.9 Å². The van der Waals surface area contributed by atoms with E-state index in [4.69, 9.17) is 5.26 Å². The van der Waals surface area contributed by atoms with Crippen molar-refractivity contribution in [2.45, 2.75) is 13.5 Å². The van der Waals surface area contributed by atoms with Crippen molar-refractivity contribution >= 4 is 6.29 Å². The van der Waals surface area contributed by atoms with Gasteiger partial charge in [0.05, 0.1) is 12.7 Å². The minimum absolute atomic E-state index is 0.0988. The van der Waals surface area contributed by atoms with E-state index in [2.05, 4.69) is 10.3 Å². The van der Waals surface area contributed by atoms with Crippen LogP contribution < -0.4 is 0 Å². The zero-order valence-corrected chi connectivity index (χ0v) is 6.64. The summed E-state index contributed by atoms with van der Waals surface area (Å²) in [7, 11) is 0. The molecule has 1 aromatic rings. The molecule has 0 aliphatic carbocycles. The molecule has 0 saturated heterocycles. The highest BCUT2D eigenvalue weighted by molar-refractivity contribution is 5.52. The molecule has 12 heavy (non-hydrogen) atoms. The third-order valence-corrected chi connectivity index (χ3v) is 1.36. The van der Waals surface area contributed by atoms with Gasteiger partial charge in [0.15, 0.2) is 5.69 Å². The number of nitriles is 1. The van der Waals surface area contributed by atoms with Gasteiger partial charge in [0.1, 0.15) is 12.4 Å². The Kier molecular flexibility index (Phi) is 2.53. The Labute approximate surface area is 69.6 Å². The number of hydrogen-bond acceptors (Lipinski definition) is 4. The topological polar surface area (TPSA) is 71.6 Å². The van der Waals surface area contributed by atoms with Gasteiger partial charge in [-0.2, -0.15) is 5.26 Å². The minimum Gasteiger partial charge on any atom is -0.303 e. The molecule has 0 N–H and O–H groups in total. The van der Waals surface area contributed by atoms with Crippen LogP contribution in [0.4, 0.5) is 0 Å². The lowest BCUT2D eigenvalue weighted by Crippen LogP contribution is -2.08. The fourth-order valence-corrected chi connectivity index (χ4v) is 0.777. The van der Waals surface area contributed by atoms with Crippen molar-refractivity contribution < 1.29 is 4.79 Å². The van der Waals surface area contributed by atoms with E-state index in [1.807, 2.05) is 6.07 Å². The Morgan fingerprint density at radius 1 is 1.92 bits per heavy atom. The first-order valence-corrected chi connectivity index (χ1v) is 3.51. The van der Waals surface area contributed by atoms with Crippen LogP contribution in [0.5, 0.6) is 0 Å². The van der Waals surface area contributed by atoms with Crippen LogP contribution >= 0.6 is 0 Å². The number of carbonyl (C=O) groups is 1. The number of carbonyl (C=O) groups excluding carboxylic acids is 1.